The molecule has 0 aliphatic carbocycles. The highest BCUT2D eigenvalue weighted by molar-refractivity contribution is 5.95. The minimum atomic E-state index is -0.854. The average molecular weight is 333 g/mol. The summed E-state index contributed by atoms with van der Waals surface area (Å²) in [5, 5.41) is 9.19. The normalized spacial score (nSPS) is 17.2. The maximum absolute atomic E-state index is 12.8. The molecule has 1 aromatic rings. The van der Waals surface area contributed by atoms with E-state index in [1.807, 2.05) is 0 Å². The number of hydrogen-bond donors (Lipinski definition) is 1. The summed E-state index contributed by atoms with van der Waals surface area (Å²) in [6.45, 7) is 4.52. The van der Waals surface area contributed by atoms with Gasteiger partial charge in [0.15, 0.2) is 11.5 Å². The van der Waals surface area contributed by atoms with Crippen molar-refractivity contribution in [2.75, 3.05) is 27.3 Å². The number of rotatable bonds is 6. The molecule has 0 spiro atoms. The van der Waals surface area contributed by atoms with Crippen molar-refractivity contribution in [3.63, 3.8) is 0 Å². The average Bonchev–Trinajstić information content (AvgIpc) is 2.60. The van der Waals surface area contributed by atoms with Gasteiger partial charge in [-0.2, -0.15) is 0 Å². The molecule has 24 heavy (non-hydrogen) atoms. The van der Waals surface area contributed by atoms with E-state index in [4.69, 9.17) is 9.47 Å². The molecule has 2 rings (SSSR count). The van der Waals surface area contributed by atoms with Crippen LogP contribution in [-0.4, -0.2) is 49.2 Å². The largest absolute Gasteiger partial charge is 0.493 e. The van der Waals surface area contributed by atoms with Gasteiger partial charge in [0.25, 0.3) is 5.91 Å². The molecule has 6 heteroatoms. The first-order valence-corrected chi connectivity index (χ1v) is 7.89. The van der Waals surface area contributed by atoms with Crippen LogP contribution in [0.2, 0.25) is 0 Å². The Balaban J connectivity index is 2.33. The maximum Gasteiger partial charge on any atom is 0.308 e. The lowest BCUT2D eigenvalue weighted by Gasteiger charge is -2.31. The summed E-state index contributed by atoms with van der Waals surface area (Å²) in [5.41, 5.74) is 1.28. The minimum absolute atomic E-state index is 0.188. The number of carbonyl (C=O) groups is 2. The summed E-state index contributed by atoms with van der Waals surface area (Å²) in [7, 11) is 3.07. The highest BCUT2D eigenvalue weighted by Crippen LogP contribution is 2.34. The molecule has 130 valence electrons. The molecule has 1 aliphatic rings. The Morgan fingerprint density at radius 1 is 1.38 bits per heavy atom. The highest BCUT2D eigenvalue weighted by atomic mass is 16.5. The summed E-state index contributed by atoms with van der Waals surface area (Å²) >= 11 is 0. The molecule has 1 atom stereocenters. The molecule has 1 saturated heterocycles. The summed E-state index contributed by atoms with van der Waals surface area (Å²) in [6.07, 6.45) is 3.56. The summed E-state index contributed by atoms with van der Waals surface area (Å²) in [5.74, 6) is -0.488. The summed E-state index contributed by atoms with van der Waals surface area (Å²) in [4.78, 5) is 25.6. The highest BCUT2D eigenvalue weighted by Gasteiger charge is 2.29. The van der Waals surface area contributed by atoms with Crippen molar-refractivity contribution in [3.05, 3.63) is 35.9 Å². The molecule has 0 radical (unpaired) electrons. The second-order valence-corrected chi connectivity index (χ2v) is 5.79. The van der Waals surface area contributed by atoms with Crippen LogP contribution in [0.15, 0.2) is 24.8 Å². The Morgan fingerprint density at radius 3 is 2.71 bits per heavy atom. The van der Waals surface area contributed by atoms with Crippen LogP contribution in [0.4, 0.5) is 0 Å². The topological polar surface area (TPSA) is 76.1 Å². The molecule has 0 aromatic heterocycles. The number of carbonyl (C=O) groups excluding carboxylic acids is 1. The maximum atomic E-state index is 12.8. The Labute approximate surface area is 141 Å². The quantitative estimate of drug-likeness (QED) is 0.809. The third-order valence-corrected chi connectivity index (χ3v) is 4.22. The number of likely N-dealkylation sites (tertiary alicyclic amines) is 1. The van der Waals surface area contributed by atoms with E-state index in [1.165, 1.54) is 7.11 Å². The minimum Gasteiger partial charge on any atom is -0.493 e. The fourth-order valence-corrected chi connectivity index (χ4v) is 3.02. The van der Waals surface area contributed by atoms with E-state index in [9.17, 15) is 14.7 Å². The number of ether oxygens (including phenoxy) is 2. The van der Waals surface area contributed by atoms with E-state index in [0.29, 0.717) is 42.9 Å². The van der Waals surface area contributed by atoms with Gasteiger partial charge in [-0.3, -0.25) is 9.59 Å². The third-order valence-electron chi connectivity index (χ3n) is 4.22. The first kappa shape index (κ1) is 17.8. The number of carboxylic acids is 1. The van der Waals surface area contributed by atoms with Crippen LogP contribution in [0.3, 0.4) is 0 Å². The Kier molecular flexibility index (Phi) is 5.84. The van der Waals surface area contributed by atoms with Crippen LogP contribution < -0.4 is 9.47 Å². The van der Waals surface area contributed by atoms with Crippen molar-refractivity contribution in [3.8, 4) is 11.5 Å². The zero-order valence-corrected chi connectivity index (χ0v) is 14.1. The first-order valence-electron chi connectivity index (χ1n) is 7.89. The number of methoxy groups -OCH3 is 2. The van der Waals surface area contributed by atoms with Crippen molar-refractivity contribution in [2.45, 2.75) is 19.3 Å². The number of hydrogen-bond acceptors (Lipinski definition) is 4. The van der Waals surface area contributed by atoms with Crippen LogP contribution in [0, 0.1) is 5.92 Å². The van der Waals surface area contributed by atoms with E-state index in [1.54, 1.807) is 30.2 Å². The number of piperidine rings is 1. The molecule has 0 saturated carbocycles. The monoisotopic (exact) mass is 333 g/mol. The van der Waals surface area contributed by atoms with Crippen molar-refractivity contribution in [2.24, 2.45) is 5.92 Å². The summed E-state index contributed by atoms with van der Waals surface area (Å²) < 4.78 is 10.7. The molecule has 0 bridgehead atoms. The van der Waals surface area contributed by atoms with Crippen LogP contribution in [-0.2, 0) is 11.2 Å². The van der Waals surface area contributed by atoms with Crippen molar-refractivity contribution in [1.82, 2.24) is 4.90 Å². The van der Waals surface area contributed by atoms with E-state index in [-0.39, 0.29) is 12.5 Å². The fourth-order valence-electron chi connectivity index (χ4n) is 3.02. The lowest BCUT2D eigenvalue weighted by molar-refractivity contribution is -0.143. The molecule has 1 fully saturated rings. The number of aliphatic carboxylic acids is 1. The Bertz CT molecular complexity index is 641. The number of nitrogens with zero attached hydrogens (tertiary/aromatic N) is 1. The van der Waals surface area contributed by atoms with Crippen LogP contribution in [0.1, 0.15) is 28.8 Å². The molecule has 1 N–H and O–H groups in total. The van der Waals surface area contributed by atoms with Gasteiger partial charge in [-0.05, 0) is 31.4 Å². The second-order valence-electron chi connectivity index (χ2n) is 5.79. The van der Waals surface area contributed by atoms with Crippen LogP contribution in [0.5, 0.6) is 11.5 Å². The lowest BCUT2D eigenvalue weighted by Crippen LogP contribution is -2.42. The molecule has 1 heterocycles. The zero-order chi connectivity index (χ0) is 17.7. The first-order chi connectivity index (χ1) is 11.5. The number of allylic oxidation sites excluding steroid dienone is 1. The zero-order valence-electron chi connectivity index (χ0n) is 14.1. The summed E-state index contributed by atoms with van der Waals surface area (Å²) in [6, 6.07) is 3.40. The molecule has 6 nitrogen and oxygen atoms in total. The van der Waals surface area contributed by atoms with Crippen molar-refractivity contribution >= 4 is 11.9 Å². The standard InChI is InChI=1S/C18H23NO5/c1-4-6-12-9-14(10-15(23-2)16(12)24-3)17(20)19-8-5-7-13(11-19)18(21)22/h4,9-10,13H,1,5-8,11H2,2-3H3,(H,21,22). The van der Waals surface area contributed by atoms with Gasteiger partial charge in [0, 0.05) is 24.2 Å². The predicted octanol–water partition coefficient (Wildman–Crippen LogP) is 2.37. The fraction of sp³-hybridized carbons (Fsp3) is 0.444. The molecular weight excluding hydrogens is 310 g/mol. The van der Waals surface area contributed by atoms with Crippen molar-refractivity contribution < 1.29 is 24.2 Å². The molecule has 1 aliphatic heterocycles. The van der Waals surface area contributed by atoms with Gasteiger partial charge in [-0.15, -0.1) is 6.58 Å². The number of benzene rings is 1. The van der Waals surface area contributed by atoms with Crippen LogP contribution in [0.25, 0.3) is 0 Å². The van der Waals surface area contributed by atoms with E-state index in [0.717, 1.165) is 5.56 Å². The molecule has 1 amide bonds. The third kappa shape index (κ3) is 3.69. The van der Waals surface area contributed by atoms with Gasteiger partial charge in [0.1, 0.15) is 0 Å². The second kappa shape index (κ2) is 7.86. The smallest absolute Gasteiger partial charge is 0.308 e. The molecular formula is C18H23NO5. The Morgan fingerprint density at radius 2 is 2.12 bits per heavy atom. The number of amides is 1. The van der Waals surface area contributed by atoms with Gasteiger partial charge in [-0.25, -0.2) is 0 Å². The van der Waals surface area contributed by atoms with Gasteiger partial charge in [-0.1, -0.05) is 6.08 Å². The molecule has 1 unspecified atom stereocenters. The van der Waals surface area contributed by atoms with E-state index in [2.05, 4.69) is 6.58 Å². The van der Waals surface area contributed by atoms with Gasteiger partial charge in [0.2, 0.25) is 0 Å². The van der Waals surface area contributed by atoms with E-state index < -0.39 is 11.9 Å². The Hall–Kier alpha value is -2.50. The van der Waals surface area contributed by atoms with Crippen LogP contribution >= 0.6 is 0 Å². The van der Waals surface area contributed by atoms with Crippen molar-refractivity contribution in [1.29, 1.82) is 0 Å². The SMILES string of the molecule is C=CCc1cc(C(=O)N2CCCC(C(=O)O)C2)cc(OC)c1OC. The lowest BCUT2D eigenvalue weighted by atomic mass is 9.97. The predicted molar refractivity (Wildman–Crippen MR) is 89.7 cm³/mol. The number of carboxylic acid groups (broad SMARTS) is 1. The molecule has 1 aromatic carbocycles. The van der Waals surface area contributed by atoms with Gasteiger partial charge >= 0.3 is 5.97 Å². The van der Waals surface area contributed by atoms with E-state index >= 15 is 0 Å². The van der Waals surface area contributed by atoms with Gasteiger partial charge in [0.05, 0.1) is 20.1 Å². The van der Waals surface area contributed by atoms with Gasteiger partial charge < -0.3 is 19.5 Å².